The number of aromatic nitrogens is 2. The van der Waals surface area contributed by atoms with Gasteiger partial charge in [-0.25, -0.2) is 4.68 Å². The van der Waals surface area contributed by atoms with Gasteiger partial charge >= 0.3 is 0 Å². The molecular formula is C20H20N4O3S. The van der Waals surface area contributed by atoms with Crippen LogP contribution in [-0.2, 0) is 6.54 Å². The summed E-state index contributed by atoms with van der Waals surface area (Å²) in [6.45, 7) is 2.49. The van der Waals surface area contributed by atoms with Gasteiger partial charge in [-0.1, -0.05) is 25.5 Å². The van der Waals surface area contributed by atoms with Crippen molar-refractivity contribution in [1.82, 2.24) is 9.78 Å². The van der Waals surface area contributed by atoms with Crippen LogP contribution >= 0.6 is 11.3 Å². The molecule has 3 aromatic rings. The van der Waals surface area contributed by atoms with Crippen LogP contribution < -0.4 is 16.2 Å². The van der Waals surface area contributed by atoms with E-state index in [0.717, 1.165) is 12.8 Å². The van der Waals surface area contributed by atoms with Gasteiger partial charge in [0.25, 0.3) is 17.4 Å². The molecule has 2 amide bonds. The van der Waals surface area contributed by atoms with E-state index in [-0.39, 0.29) is 17.2 Å². The highest BCUT2D eigenvalue weighted by Gasteiger charge is 2.11. The molecule has 8 heteroatoms. The minimum Gasteiger partial charge on any atom is -0.321 e. The van der Waals surface area contributed by atoms with Crippen LogP contribution in [0.3, 0.4) is 0 Å². The third kappa shape index (κ3) is 4.92. The molecule has 0 radical (unpaired) electrons. The predicted octanol–water partition coefficient (Wildman–Crippen LogP) is 3.61. The fourth-order valence-electron chi connectivity index (χ4n) is 2.51. The summed E-state index contributed by atoms with van der Waals surface area (Å²) >= 11 is 1.35. The monoisotopic (exact) mass is 396 g/mol. The zero-order valence-electron chi connectivity index (χ0n) is 15.3. The van der Waals surface area contributed by atoms with Gasteiger partial charge in [-0.2, -0.15) is 5.10 Å². The van der Waals surface area contributed by atoms with Crippen LogP contribution in [0, 0.1) is 0 Å². The molecule has 0 bridgehead atoms. The fraction of sp³-hybridized carbons (Fsp3) is 0.200. The molecule has 0 fully saturated rings. The van der Waals surface area contributed by atoms with Crippen molar-refractivity contribution >= 4 is 34.5 Å². The van der Waals surface area contributed by atoms with Gasteiger partial charge in [0.1, 0.15) is 5.69 Å². The van der Waals surface area contributed by atoms with E-state index in [0.29, 0.717) is 22.8 Å². The van der Waals surface area contributed by atoms with E-state index < -0.39 is 5.91 Å². The van der Waals surface area contributed by atoms with Crippen molar-refractivity contribution in [3.8, 4) is 0 Å². The summed E-state index contributed by atoms with van der Waals surface area (Å²) in [6, 6.07) is 13.1. The summed E-state index contributed by atoms with van der Waals surface area (Å²) in [6.07, 6.45) is 1.73. The number of carbonyl (C=O) groups excluding carboxylic acids is 2. The van der Waals surface area contributed by atoms with Gasteiger partial charge in [-0.15, -0.1) is 11.3 Å². The molecule has 2 N–H and O–H groups in total. The number of unbranched alkanes of at least 4 members (excludes halogenated alkanes) is 1. The average Bonchev–Trinajstić information content (AvgIpc) is 3.22. The first-order valence-corrected chi connectivity index (χ1v) is 9.79. The van der Waals surface area contributed by atoms with Crippen molar-refractivity contribution < 1.29 is 9.59 Å². The first-order valence-electron chi connectivity index (χ1n) is 8.91. The van der Waals surface area contributed by atoms with E-state index in [1.807, 2.05) is 18.4 Å². The lowest BCUT2D eigenvalue weighted by Gasteiger charge is -2.09. The second-order valence-corrected chi connectivity index (χ2v) is 7.05. The highest BCUT2D eigenvalue weighted by Crippen LogP contribution is 2.18. The van der Waals surface area contributed by atoms with Crippen molar-refractivity contribution in [2.24, 2.45) is 0 Å². The third-order valence-electron chi connectivity index (χ3n) is 3.95. The number of nitrogens with one attached hydrogen (secondary N) is 2. The first-order chi connectivity index (χ1) is 13.6. The Labute approximate surface area is 166 Å². The summed E-state index contributed by atoms with van der Waals surface area (Å²) in [5.74, 6) is -0.630. The van der Waals surface area contributed by atoms with E-state index in [1.165, 1.54) is 28.2 Å². The molecule has 2 aromatic heterocycles. The Kier molecular flexibility index (Phi) is 6.33. The number of rotatable bonds is 7. The van der Waals surface area contributed by atoms with Gasteiger partial charge in [0.2, 0.25) is 0 Å². The molecule has 7 nitrogen and oxygen atoms in total. The highest BCUT2D eigenvalue weighted by atomic mass is 32.1. The maximum Gasteiger partial charge on any atom is 0.276 e. The van der Waals surface area contributed by atoms with Gasteiger partial charge in [0.15, 0.2) is 0 Å². The lowest BCUT2D eigenvalue weighted by atomic mass is 10.2. The summed E-state index contributed by atoms with van der Waals surface area (Å²) < 4.78 is 1.30. The number of hydrogen-bond acceptors (Lipinski definition) is 5. The van der Waals surface area contributed by atoms with Crippen LogP contribution in [0.2, 0.25) is 0 Å². The molecule has 3 rings (SSSR count). The van der Waals surface area contributed by atoms with Crippen LogP contribution in [0.25, 0.3) is 0 Å². The smallest absolute Gasteiger partial charge is 0.276 e. The number of hydrogen-bond donors (Lipinski definition) is 2. The minimum atomic E-state index is -0.424. The molecule has 28 heavy (non-hydrogen) atoms. The van der Waals surface area contributed by atoms with E-state index in [2.05, 4.69) is 15.7 Å². The molecule has 0 spiro atoms. The van der Waals surface area contributed by atoms with Crippen molar-refractivity contribution in [2.75, 3.05) is 10.6 Å². The first kappa shape index (κ1) is 19.5. The largest absolute Gasteiger partial charge is 0.321 e. The van der Waals surface area contributed by atoms with E-state index in [4.69, 9.17) is 0 Å². The fourth-order valence-corrected chi connectivity index (χ4v) is 3.13. The van der Waals surface area contributed by atoms with Gasteiger partial charge in [0.05, 0.1) is 4.88 Å². The van der Waals surface area contributed by atoms with Gasteiger partial charge in [0, 0.05) is 24.0 Å². The second kappa shape index (κ2) is 9.09. The molecule has 0 aliphatic heterocycles. The van der Waals surface area contributed by atoms with Crippen molar-refractivity contribution in [3.05, 3.63) is 74.8 Å². The van der Waals surface area contributed by atoms with Crippen LogP contribution in [0.15, 0.2) is 58.7 Å². The Morgan fingerprint density at radius 2 is 1.79 bits per heavy atom. The molecule has 0 unspecified atom stereocenters. The number of aryl methyl sites for hydroxylation is 1. The van der Waals surface area contributed by atoms with Crippen molar-refractivity contribution in [2.45, 2.75) is 26.3 Å². The quantitative estimate of drug-likeness (QED) is 0.638. The number of carbonyl (C=O) groups is 2. The molecule has 0 saturated carbocycles. The molecular weight excluding hydrogens is 376 g/mol. The molecule has 0 aliphatic rings. The third-order valence-corrected chi connectivity index (χ3v) is 4.81. The Morgan fingerprint density at radius 1 is 1.04 bits per heavy atom. The number of amides is 2. The Balaban J connectivity index is 1.70. The summed E-state index contributed by atoms with van der Waals surface area (Å²) in [7, 11) is 0. The van der Waals surface area contributed by atoms with Gasteiger partial charge in [-0.05, 0) is 42.1 Å². The molecule has 2 heterocycles. The number of nitrogens with zero attached hydrogens (tertiary/aromatic N) is 2. The average molecular weight is 396 g/mol. The minimum absolute atomic E-state index is 0.156. The Hall–Kier alpha value is -3.26. The molecule has 0 atom stereocenters. The predicted molar refractivity (Wildman–Crippen MR) is 110 cm³/mol. The van der Waals surface area contributed by atoms with E-state index >= 15 is 0 Å². The Bertz CT molecular complexity index is 1030. The van der Waals surface area contributed by atoms with E-state index in [1.54, 1.807) is 30.3 Å². The maximum atomic E-state index is 12.5. The molecule has 1 aromatic carbocycles. The van der Waals surface area contributed by atoms with Crippen LogP contribution in [0.1, 0.15) is 39.9 Å². The standard InChI is InChI=1S/C20H20N4O3S/c1-2-3-11-24-18(25)10-9-16(23-24)19(26)21-14-6-4-7-15(13-14)22-20(27)17-8-5-12-28-17/h4-10,12-13H,2-3,11H2,1H3,(H,21,26)(H,22,27). The topological polar surface area (TPSA) is 93.1 Å². The van der Waals surface area contributed by atoms with E-state index in [9.17, 15) is 14.4 Å². The highest BCUT2D eigenvalue weighted by molar-refractivity contribution is 7.12. The molecule has 0 aliphatic carbocycles. The lowest BCUT2D eigenvalue weighted by molar-refractivity contribution is 0.101. The van der Waals surface area contributed by atoms with Crippen LogP contribution in [0.4, 0.5) is 11.4 Å². The van der Waals surface area contributed by atoms with Crippen molar-refractivity contribution in [1.29, 1.82) is 0 Å². The lowest BCUT2D eigenvalue weighted by Crippen LogP contribution is -2.26. The van der Waals surface area contributed by atoms with Crippen molar-refractivity contribution in [3.63, 3.8) is 0 Å². The Morgan fingerprint density at radius 3 is 2.46 bits per heavy atom. The summed E-state index contributed by atoms with van der Waals surface area (Å²) in [5.41, 5.74) is 1.01. The maximum absolute atomic E-state index is 12.5. The number of benzene rings is 1. The zero-order chi connectivity index (χ0) is 19.9. The molecule has 144 valence electrons. The number of thiophene rings is 1. The summed E-state index contributed by atoms with van der Waals surface area (Å²) in [5, 5.41) is 11.5. The van der Waals surface area contributed by atoms with Crippen LogP contribution in [-0.4, -0.2) is 21.6 Å². The zero-order valence-corrected chi connectivity index (χ0v) is 16.2. The summed E-state index contributed by atoms with van der Waals surface area (Å²) in [4.78, 5) is 37.1. The normalized spacial score (nSPS) is 10.5. The molecule has 0 saturated heterocycles. The number of anilines is 2. The van der Waals surface area contributed by atoms with Gasteiger partial charge in [-0.3, -0.25) is 14.4 Å². The van der Waals surface area contributed by atoms with Gasteiger partial charge < -0.3 is 10.6 Å². The SMILES string of the molecule is CCCCn1nc(C(=O)Nc2cccc(NC(=O)c3cccs3)c2)ccc1=O. The van der Waals surface area contributed by atoms with Crippen LogP contribution in [0.5, 0.6) is 0 Å². The second-order valence-electron chi connectivity index (χ2n) is 6.10.